The molecule has 0 saturated carbocycles. The average Bonchev–Trinajstić information content (AvgIpc) is 3.37. The molecule has 0 spiro atoms. The summed E-state index contributed by atoms with van der Waals surface area (Å²) in [6.45, 7) is 0. The van der Waals surface area contributed by atoms with Crippen molar-refractivity contribution in [2.75, 3.05) is 5.84 Å². The largest absolute Gasteiger partial charge is 0.456 e. The highest BCUT2D eigenvalue weighted by Gasteiger charge is 2.20. The summed E-state index contributed by atoms with van der Waals surface area (Å²) >= 11 is 0. The molecule has 0 atom stereocenters. The number of aromatic nitrogens is 1. The fourth-order valence-corrected chi connectivity index (χ4v) is 4.61. The molecule has 0 aliphatic heterocycles. The highest BCUT2D eigenvalue weighted by molar-refractivity contribution is 6.29. The summed E-state index contributed by atoms with van der Waals surface area (Å²) in [5.41, 5.74) is 5.37. The molecule has 7 aromatic rings. The maximum atomic E-state index is 6.61. The van der Waals surface area contributed by atoms with Crippen LogP contribution in [-0.4, -0.2) is 4.68 Å². The molecule has 0 radical (unpaired) electrons. The van der Waals surface area contributed by atoms with E-state index in [-0.39, 0.29) is 0 Å². The summed E-state index contributed by atoms with van der Waals surface area (Å²) < 4.78 is 14.1. The second-order valence-corrected chi connectivity index (χ2v) is 7.24. The van der Waals surface area contributed by atoms with Crippen molar-refractivity contribution in [2.24, 2.45) is 0 Å². The number of nitrogens with two attached hydrogens (primary N) is 1. The number of fused-ring (bicyclic) bond motifs is 11. The smallest absolute Gasteiger partial charge is 0.145 e. The number of para-hydroxylation sites is 2. The molecule has 4 heteroatoms. The van der Waals surface area contributed by atoms with Crippen LogP contribution < -0.4 is 5.84 Å². The minimum atomic E-state index is 0.837. The number of benzene rings is 4. The lowest BCUT2D eigenvalue weighted by Gasteiger charge is -1.99. The first-order valence-electron chi connectivity index (χ1n) is 9.25. The Morgan fingerprint density at radius 2 is 1.29 bits per heavy atom. The van der Waals surface area contributed by atoms with Gasteiger partial charge in [0.25, 0.3) is 0 Å². The molecule has 0 bridgehead atoms. The monoisotopic (exact) mass is 362 g/mol. The van der Waals surface area contributed by atoms with Gasteiger partial charge in [-0.3, -0.25) is 4.68 Å². The van der Waals surface area contributed by atoms with Crippen LogP contribution in [0.3, 0.4) is 0 Å². The number of rotatable bonds is 0. The molecule has 0 saturated heterocycles. The Bertz CT molecular complexity index is 1730. The SMILES string of the molecule is Nn1c2ccc3c4ccccc4oc3c2c2ccc3oc4ccccc4c3c21. The van der Waals surface area contributed by atoms with Crippen LogP contribution in [0.15, 0.2) is 81.6 Å². The second-order valence-electron chi connectivity index (χ2n) is 7.24. The first-order valence-corrected chi connectivity index (χ1v) is 9.25. The fourth-order valence-electron chi connectivity index (χ4n) is 4.61. The van der Waals surface area contributed by atoms with Crippen LogP contribution in [0.25, 0.3) is 65.7 Å². The highest BCUT2D eigenvalue weighted by Crippen LogP contribution is 2.42. The molecule has 2 N–H and O–H groups in total. The summed E-state index contributed by atoms with van der Waals surface area (Å²) in [6, 6.07) is 24.5. The molecule has 0 amide bonds. The Balaban J connectivity index is 1.80. The van der Waals surface area contributed by atoms with Crippen LogP contribution in [0.2, 0.25) is 0 Å². The molecule has 3 aromatic heterocycles. The molecule has 0 unspecified atom stereocenters. The standard InChI is InChI=1S/C24H14N2O2/c25-26-17-11-9-14-13-5-1-3-7-18(13)28-24(14)21(17)16-10-12-20-22(23(16)26)15-6-2-4-8-19(15)27-20/h1-12H,25H2. The first kappa shape index (κ1) is 14.2. The molecule has 3 heterocycles. The van der Waals surface area contributed by atoms with E-state index < -0.39 is 0 Å². The van der Waals surface area contributed by atoms with Crippen LogP contribution in [-0.2, 0) is 0 Å². The van der Waals surface area contributed by atoms with Crippen molar-refractivity contribution in [1.29, 1.82) is 0 Å². The minimum absolute atomic E-state index is 0.837. The van der Waals surface area contributed by atoms with Gasteiger partial charge in [0.05, 0.1) is 21.8 Å². The van der Waals surface area contributed by atoms with E-state index in [0.29, 0.717) is 0 Å². The van der Waals surface area contributed by atoms with E-state index >= 15 is 0 Å². The Morgan fingerprint density at radius 3 is 2.14 bits per heavy atom. The fraction of sp³-hybridized carbons (Fsp3) is 0. The summed E-state index contributed by atoms with van der Waals surface area (Å²) in [6.07, 6.45) is 0. The molecular formula is C24H14N2O2. The van der Waals surface area contributed by atoms with Crippen molar-refractivity contribution in [2.45, 2.75) is 0 Å². The van der Waals surface area contributed by atoms with Crippen molar-refractivity contribution in [3.05, 3.63) is 72.8 Å². The maximum absolute atomic E-state index is 6.61. The molecule has 4 nitrogen and oxygen atoms in total. The van der Waals surface area contributed by atoms with Gasteiger partial charge in [0.15, 0.2) is 0 Å². The molecule has 28 heavy (non-hydrogen) atoms. The lowest BCUT2D eigenvalue weighted by atomic mass is 10.1. The van der Waals surface area contributed by atoms with Crippen LogP contribution in [0.5, 0.6) is 0 Å². The van der Waals surface area contributed by atoms with Crippen molar-refractivity contribution in [3.8, 4) is 0 Å². The Hall–Kier alpha value is -3.92. The highest BCUT2D eigenvalue weighted by atomic mass is 16.3. The molecular weight excluding hydrogens is 348 g/mol. The van der Waals surface area contributed by atoms with E-state index in [4.69, 9.17) is 14.7 Å². The summed E-state index contributed by atoms with van der Waals surface area (Å²) in [7, 11) is 0. The Labute approximate surface area is 158 Å². The predicted octanol–water partition coefficient (Wildman–Crippen LogP) is 6.31. The van der Waals surface area contributed by atoms with Gasteiger partial charge in [-0.2, -0.15) is 0 Å². The maximum Gasteiger partial charge on any atom is 0.145 e. The number of hydrogen-bond donors (Lipinski definition) is 1. The van der Waals surface area contributed by atoms with E-state index in [1.807, 2.05) is 42.5 Å². The lowest BCUT2D eigenvalue weighted by Crippen LogP contribution is -2.06. The van der Waals surface area contributed by atoms with Gasteiger partial charge in [-0.05, 0) is 36.4 Å². The predicted molar refractivity (Wildman–Crippen MR) is 114 cm³/mol. The van der Waals surface area contributed by atoms with Crippen molar-refractivity contribution < 1.29 is 8.83 Å². The van der Waals surface area contributed by atoms with Gasteiger partial charge in [-0.25, -0.2) is 0 Å². The summed E-state index contributed by atoms with van der Waals surface area (Å²) in [5, 5.41) is 6.44. The Kier molecular flexibility index (Phi) is 2.37. The van der Waals surface area contributed by atoms with Crippen molar-refractivity contribution >= 4 is 65.7 Å². The third-order valence-electron chi connectivity index (χ3n) is 5.81. The quantitative estimate of drug-likeness (QED) is 0.322. The minimum Gasteiger partial charge on any atom is -0.456 e. The Morgan fingerprint density at radius 1 is 0.571 bits per heavy atom. The summed E-state index contributed by atoms with van der Waals surface area (Å²) in [5.74, 6) is 6.61. The topological polar surface area (TPSA) is 57.2 Å². The number of hydrogen-bond acceptors (Lipinski definition) is 3. The molecule has 4 aromatic carbocycles. The van der Waals surface area contributed by atoms with Crippen LogP contribution in [0.4, 0.5) is 0 Å². The van der Waals surface area contributed by atoms with Gasteiger partial charge in [0.1, 0.15) is 22.3 Å². The van der Waals surface area contributed by atoms with Gasteiger partial charge < -0.3 is 14.7 Å². The van der Waals surface area contributed by atoms with Gasteiger partial charge in [0.2, 0.25) is 0 Å². The number of furan rings is 2. The van der Waals surface area contributed by atoms with E-state index in [0.717, 1.165) is 65.7 Å². The van der Waals surface area contributed by atoms with E-state index in [1.165, 1.54) is 0 Å². The van der Waals surface area contributed by atoms with Crippen LogP contribution >= 0.6 is 0 Å². The average molecular weight is 362 g/mol. The van der Waals surface area contributed by atoms with Gasteiger partial charge in [0, 0.05) is 21.5 Å². The molecule has 7 rings (SSSR count). The molecule has 132 valence electrons. The lowest BCUT2D eigenvalue weighted by molar-refractivity contribution is 0.669. The van der Waals surface area contributed by atoms with Gasteiger partial charge in [-0.15, -0.1) is 0 Å². The zero-order chi connectivity index (χ0) is 18.4. The van der Waals surface area contributed by atoms with E-state index in [9.17, 15) is 0 Å². The van der Waals surface area contributed by atoms with Crippen LogP contribution in [0, 0.1) is 0 Å². The first-order chi connectivity index (χ1) is 13.8. The van der Waals surface area contributed by atoms with Crippen LogP contribution in [0.1, 0.15) is 0 Å². The second kappa shape index (κ2) is 4.67. The zero-order valence-electron chi connectivity index (χ0n) is 14.8. The van der Waals surface area contributed by atoms with Crippen molar-refractivity contribution in [1.82, 2.24) is 4.68 Å². The van der Waals surface area contributed by atoms with E-state index in [1.54, 1.807) is 4.68 Å². The van der Waals surface area contributed by atoms with E-state index in [2.05, 4.69) is 30.3 Å². The zero-order valence-corrected chi connectivity index (χ0v) is 14.8. The summed E-state index contributed by atoms with van der Waals surface area (Å²) in [4.78, 5) is 0. The number of nitrogen functional groups attached to an aromatic ring is 1. The van der Waals surface area contributed by atoms with Crippen molar-refractivity contribution in [3.63, 3.8) is 0 Å². The molecule has 0 aliphatic rings. The number of nitrogens with zero attached hydrogens (tertiary/aromatic N) is 1. The van der Waals surface area contributed by atoms with Gasteiger partial charge >= 0.3 is 0 Å². The molecule has 0 aliphatic carbocycles. The van der Waals surface area contributed by atoms with Gasteiger partial charge in [-0.1, -0.05) is 36.4 Å². The third-order valence-corrected chi connectivity index (χ3v) is 5.81. The molecule has 0 fully saturated rings. The normalized spacial score (nSPS) is 12.4. The third kappa shape index (κ3) is 1.53.